The van der Waals surface area contributed by atoms with Gasteiger partial charge in [-0.3, -0.25) is 9.59 Å². The first kappa shape index (κ1) is 19.1. The largest absolute Gasteiger partial charge is 0.494 e. The van der Waals surface area contributed by atoms with Gasteiger partial charge in [0, 0.05) is 25.3 Å². The van der Waals surface area contributed by atoms with E-state index < -0.39 is 5.54 Å². The third kappa shape index (κ3) is 4.53. The van der Waals surface area contributed by atoms with Crippen LogP contribution in [-0.4, -0.2) is 28.4 Å². The number of amides is 1. The summed E-state index contributed by atoms with van der Waals surface area (Å²) in [5.41, 5.74) is 0.00689. The highest BCUT2D eigenvalue weighted by Gasteiger charge is 2.41. The van der Waals surface area contributed by atoms with E-state index in [0.717, 1.165) is 31.4 Å². The van der Waals surface area contributed by atoms with Crippen molar-refractivity contribution < 1.29 is 18.8 Å². The summed E-state index contributed by atoms with van der Waals surface area (Å²) in [5, 5.41) is 7.07. The summed E-state index contributed by atoms with van der Waals surface area (Å²) in [6.07, 6.45) is 3.85. The number of ketones is 1. The Kier molecular flexibility index (Phi) is 5.88. The molecule has 0 saturated heterocycles. The number of aromatic nitrogens is 2. The second kappa shape index (κ2) is 8.33. The van der Waals surface area contributed by atoms with Crippen LogP contribution in [0.5, 0.6) is 5.75 Å². The first-order valence-corrected chi connectivity index (χ1v) is 9.40. The molecule has 27 heavy (non-hydrogen) atoms. The van der Waals surface area contributed by atoms with Crippen molar-refractivity contribution in [3.63, 3.8) is 0 Å². The fraction of sp³-hybridized carbons (Fsp3) is 0.500. The van der Waals surface area contributed by atoms with Crippen molar-refractivity contribution >= 4 is 11.7 Å². The van der Waals surface area contributed by atoms with Crippen molar-refractivity contribution in [2.45, 2.75) is 57.9 Å². The van der Waals surface area contributed by atoms with Gasteiger partial charge in [0.05, 0.1) is 6.61 Å². The minimum Gasteiger partial charge on any atom is -0.494 e. The number of hydrogen-bond donors (Lipinski definition) is 1. The van der Waals surface area contributed by atoms with Gasteiger partial charge in [0.25, 0.3) is 0 Å². The van der Waals surface area contributed by atoms with Crippen LogP contribution in [0, 0.1) is 6.92 Å². The van der Waals surface area contributed by atoms with E-state index in [9.17, 15) is 9.59 Å². The second-order valence-electron chi connectivity index (χ2n) is 6.85. The van der Waals surface area contributed by atoms with Crippen LogP contribution in [0.2, 0.25) is 0 Å². The minimum atomic E-state index is -0.572. The first-order chi connectivity index (χ1) is 13.0. The molecule has 2 aromatic rings. The maximum Gasteiger partial charge on any atom is 0.223 e. The predicted octanol–water partition coefficient (Wildman–Crippen LogP) is 3.33. The van der Waals surface area contributed by atoms with Crippen molar-refractivity contribution in [2.24, 2.45) is 0 Å². The monoisotopic (exact) mass is 371 g/mol. The standard InChI is InChI=1S/C20H25N3O4/c1-3-26-16-8-6-15(7-9-16)17(24)10-11-18(25)22-20(12-4-5-13-20)19-21-14(2)27-23-19/h6-9H,3-5,10-13H2,1-2H3,(H,22,25). The molecule has 1 heterocycles. The van der Waals surface area contributed by atoms with Crippen LogP contribution in [-0.2, 0) is 10.3 Å². The van der Waals surface area contributed by atoms with Crippen LogP contribution >= 0.6 is 0 Å². The molecule has 144 valence electrons. The number of Topliss-reactive ketones (excluding diaryl/α,β-unsaturated/α-hetero) is 1. The maximum absolute atomic E-state index is 12.5. The number of aryl methyl sites for hydroxylation is 1. The molecular formula is C20H25N3O4. The van der Waals surface area contributed by atoms with Crippen molar-refractivity contribution in [1.82, 2.24) is 15.5 Å². The lowest BCUT2D eigenvalue weighted by Crippen LogP contribution is -2.44. The first-order valence-electron chi connectivity index (χ1n) is 9.40. The smallest absolute Gasteiger partial charge is 0.223 e. The number of benzene rings is 1. The van der Waals surface area contributed by atoms with Gasteiger partial charge in [0.2, 0.25) is 11.8 Å². The van der Waals surface area contributed by atoms with E-state index in [4.69, 9.17) is 9.26 Å². The van der Waals surface area contributed by atoms with Gasteiger partial charge in [-0.2, -0.15) is 4.98 Å². The highest BCUT2D eigenvalue weighted by atomic mass is 16.5. The highest BCUT2D eigenvalue weighted by molar-refractivity contribution is 5.98. The third-order valence-corrected chi connectivity index (χ3v) is 4.86. The van der Waals surface area contributed by atoms with E-state index >= 15 is 0 Å². The Morgan fingerprint density at radius 1 is 1.19 bits per heavy atom. The summed E-state index contributed by atoms with van der Waals surface area (Å²) in [6, 6.07) is 6.99. The van der Waals surface area contributed by atoms with Crippen LogP contribution in [0.15, 0.2) is 28.8 Å². The number of nitrogens with zero attached hydrogens (tertiary/aromatic N) is 2. The van der Waals surface area contributed by atoms with Gasteiger partial charge < -0.3 is 14.6 Å². The molecule has 1 aromatic heterocycles. The summed E-state index contributed by atoms with van der Waals surface area (Å²) >= 11 is 0. The summed E-state index contributed by atoms with van der Waals surface area (Å²) in [5.74, 6) is 1.51. The zero-order valence-corrected chi connectivity index (χ0v) is 15.8. The maximum atomic E-state index is 12.5. The quantitative estimate of drug-likeness (QED) is 0.715. The summed E-state index contributed by atoms with van der Waals surface area (Å²) in [7, 11) is 0. The summed E-state index contributed by atoms with van der Waals surface area (Å²) < 4.78 is 10.5. The van der Waals surface area contributed by atoms with E-state index in [1.54, 1.807) is 31.2 Å². The van der Waals surface area contributed by atoms with E-state index in [2.05, 4.69) is 15.5 Å². The molecule has 0 atom stereocenters. The van der Waals surface area contributed by atoms with E-state index in [1.165, 1.54) is 0 Å². The second-order valence-corrected chi connectivity index (χ2v) is 6.85. The summed E-state index contributed by atoms with van der Waals surface area (Å²) in [6.45, 7) is 4.22. The predicted molar refractivity (Wildman–Crippen MR) is 98.5 cm³/mol. The van der Waals surface area contributed by atoms with Gasteiger partial charge in [0.1, 0.15) is 11.3 Å². The molecule has 0 aliphatic heterocycles. The van der Waals surface area contributed by atoms with Gasteiger partial charge in [-0.25, -0.2) is 0 Å². The van der Waals surface area contributed by atoms with Crippen LogP contribution in [0.1, 0.15) is 67.5 Å². The van der Waals surface area contributed by atoms with E-state index in [1.807, 2.05) is 6.92 Å². The fourth-order valence-corrected chi connectivity index (χ4v) is 3.48. The molecule has 0 spiro atoms. The number of nitrogens with one attached hydrogen (secondary N) is 1. The van der Waals surface area contributed by atoms with Crippen LogP contribution in [0.3, 0.4) is 0 Å². The Morgan fingerprint density at radius 3 is 2.48 bits per heavy atom. The average Bonchev–Trinajstić information content (AvgIpc) is 3.30. The van der Waals surface area contributed by atoms with Gasteiger partial charge in [-0.05, 0) is 44.0 Å². The molecule has 7 nitrogen and oxygen atoms in total. The molecule has 1 aliphatic carbocycles. The molecule has 1 N–H and O–H groups in total. The van der Waals surface area contributed by atoms with Gasteiger partial charge >= 0.3 is 0 Å². The highest BCUT2D eigenvalue weighted by Crippen LogP contribution is 2.37. The third-order valence-electron chi connectivity index (χ3n) is 4.86. The summed E-state index contributed by atoms with van der Waals surface area (Å²) in [4.78, 5) is 29.2. The number of ether oxygens (including phenoxy) is 1. The van der Waals surface area contributed by atoms with Crippen molar-refractivity contribution in [3.05, 3.63) is 41.5 Å². The molecule has 7 heteroatoms. The Hall–Kier alpha value is -2.70. The van der Waals surface area contributed by atoms with E-state index in [-0.39, 0.29) is 24.5 Å². The minimum absolute atomic E-state index is 0.0657. The Morgan fingerprint density at radius 2 is 1.89 bits per heavy atom. The zero-order chi connectivity index (χ0) is 19.3. The Bertz CT molecular complexity index is 792. The van der Waals surface area contributed by atoms with Crippen molar-refractivity contribution in [2.75, 3.05) is 6.61 Å². The van der Waals surface area contributed by atoms with Crippen LogP contribution in [0.25, 0.3) is 0 Å². The van der Waals surface area contributed by atoms with Crippen LogP contribution < -0.4 is 10.1 Å². The fourth-order valence-electron chi connectivity index (χ4n) is 3.48. The molecule has 3 rings (SSSR count). The van der Waals surface area contributed by atoms with E-state index in [0.29, 0.717) is 23.9 Å². The lowest BCUT2D eigenvalue weighted by Gasteiger charge is -2.26. The zero-order valence-electron chi connectivity index (χ0n) is 15.8. The topological polar surface area (TPSA) is 94.3 Å². The van der Waals surface area contributed by atoms with Gasteiger partial charge in [-0.1, -0.05) is 18.0 Å². The Labute approximate surface area is 158 Å². The lowest BCUT2D eigenvalue weighted by molar-refractivity contribution is -0.123. The average molecular weight is 371 g/mol. The van der Waals surface area contributed by atoms with Crippen molar-refractivity contribution in [1.29, 1.82) is 0 Å². The number of carbonyl (C=O) groups is 2. The Balaban J connectivity index is 1.57. The normalized spacial score (nSPS) is 15.5. The molecule has 1 fully saturated rings. The molecule has 1 saturated carbocycles. The number of rotatable bonds is 8. The molecule has 0 bridgehead atoms. The lowest BCUT2D eigenvalue weighted by atomic mass is 9.96. The van der Waals surface area contributed by atoms with Gasteiger partial charge in [0.15, 0.2) is 11.6 Å². The van der Waals surface area contributed by atoms with Crippen molar-refractivity contribution in [3.8, 4) is 5.75 Å². The number of carbonyl (C=O) groups excluding carboxylic acids is 2. The van der Waals surface area contributed by atoms with Gasteiger partial charge in [-0.15, -0.1) is 0 Å². The molecule has 1 amide bonds. The molecule has 1 aliphatic rings. The molecular weight excluding hydrogens is 346 g/mol. The molecule has 0 unspecified atom stereocenters. The SMILES string of the molecule is CCOc1ccc(C(=O)CCC(=O)NC2(c3noc(C)n3)CCCC2)cc1. The number of hydrogen-bond acceptors (Lipinski definition) is 6. The molecule has 1 aromatic carbocycles. The van der Waals surface area contributed by atoms with Crippen LogP contribution in [0.4, 0.5) is 0 Å². The molecule has 0 radical (unpaired) electrons.